The molecule has 0 aliphatic carbocycles. The van der Waals surface area contributed by atoms with Crippen LogP contribution >= 0.6 is 0 Å². The fourth-order valence-corrected chi connectivity index (χ4v) is 4.13. The minimum atomic E-state index is -3.60. The van der Waals surface area contributed by atoms with E-state index in [-0.39, 0.29) is 16.8 Å². The highest BCUT2D eigenvalue weighted by molar-refractivity contribution is 7.89. The van der Waals surface area contributed by atoms with Gasteiger partial charge in [0.05, 0.1) is 10.9 Å². The van der Waals surface area contributed by atoms with Crippen LogP contribution in [0.4, 0.5) is 0 Å². The van der Waals surface area contributed by atoms with Gasteiger partial charge in [-0.15, -0.1) is 0 Å². The van der Waals surface area contributed by atoms with Crippen LogP contribution in [0.3, 0.4) is 0 Å². The third kappa shape index (κ3) is 3.99. The number of carbonyl (C=O) groups excluding carboxylic acids is 1. The van der Waals surface area contributed by atoms with E-state index in [4.69, 9.17) is 4.74 Å². The number of rotatable bonds is 4. The van der Waals surface area contributed by atoms with Crippen LogP contribution in [-0.2, 0) is 10.0 Å². The standard InChI is InChI=1S/C20H24N2O4S/c1-20(2)13-17(16-10-5-6-11-18(16)26-20)21-19(23)14-8-7-9-15(12-14)27(24,25)22(3)4/h5-12,17H,13H2,1-4H3,(H,21,23)/t17-/m1/s1. The number of nitrogens with one attached hydrogen (secondary N) is 1. The zero-order valence-electron chi connectivity index (χ0n) is 15.9. The SMILES string of the molecule is CN(C)S(=O)(=O)c1cccc(C(=O)N[C@@H]2CC(C)(C)Oc3ccccc32)c1. The number of nitrogens with zero attached hydrogens (tertiary/aromatic N) is 1. The highest BCUT2D eigenvalue weighted by atomic mass is 32.2. The Morgan fingerprint density at radius 2 is 1.85 bits per heavy atom. The lowest BCUT2D eigenvalue weighted by molar-refractivity contribution is 0.0619. The second-order valence-corrected chi connectivity index (χ2v) is 9.60. The molecule has 1 heterocycles. The van der Waals surface area contributed by atoms with Gasteiger partial charge in [-0.2, -0.15) is 0 Å². The van der Waals surface area contributed by atoms with Crippen LogP contribution in [-0.4, -0.2) is 38.3 Å². The van der Waals surface area contributed by atoms with Gasteiger partial charge in [-0.05, 0) is 38.1 Å². The normalized spacial score (nSPS) is 18.5. The molecule has 144 valence electrons. The van der Waals surface area contributed by atoms with Crippen LogP contribution in [0.1, 0.15) is 42.2 Å². The highest BCUT2D eigenvalue weighted by Crippen LogP contribution is 2.39. The molecule has 7 heteroatoms. The van der Waals surface area contributed by atoms with Gasteiger partial charge in [0, 0.05) is 31.6 Å². The molecular weight excluding hydrogens is 364 g/mol. The molecule has 2 aromatic carbocycles. The highest BCUT2D eigenvalue weighted by Gasteiger charge is 2.34. The maximum Gasteiger partial charge on any atom is 0.251 e. The molecular formula is C20H24N2O4S. The smallest absolute Gasteiger partial charge is 0.251 e. The first-order valence-corrected chi connectivity index (χ1v) is 10.2. The topological polar surface area (TPSA) is 75.7 Å². The Balaban J connectivity index is 1.88. The summed E-state index contributed by atoms with van der Waals surface area (Å²) in [6.07, 6.45) is 0.617. The van der Waals surface area contributed by atoms with E-state index in [0.29, 0.717) is 12.0 Å². The first-order valence-electron chi connectivity index (χ1n) is 8.71. The Kier molecular flexibility index (Phi) is 5.01. The number of hydrogen-bond donors (Lipinski definition) is 1. The van der Waals surface area contributed by atoms with Crippen molar-refractivity contribution in [1.29, 1.82) is 0 Å². The summed E-state index contributed by atoms with van der Waals surface area (Å²) in [5, 5.41) is 3.03. The van der Waals surface area contributed by atoms with Gasteiger partial charge < -0.3 is 10.1 Å². The van der Waals surface area contributed by atoms with Gasteiger partial charge in [0.25, 0.3) is 5.91 Å². The molecule has 0 radical (unpaired) electrons. The number of ether oxygens (including phenoxy) is 1. The number of amides is 1. The second-order valence-electron chi connectivity index (χ2n) is 7.45. The van der Waals surface area contributed by atoms with E-state index in [1.54, 1.807) is 12.1 Å². The number of fused-ring (bicyclic) bond motifs is 1. The lowest BCUT2D eigenvalue weighted by Crippen LogP contribution is -2.41. The van der Waals surface area contributed by atoms with Crippen molar-refractivity contribution in [2.45, 2.75) is 36.8 Å². The van der Waals surface area contributed by atoms with Crippen molar-refractivity contribution in [3.63, 3.8) is 0 Å². The van der Waals surface area contributed by atoms with Gasteiger partial charge in [0.1, 0.15) is 11.4 Å². The quantitative estimate of drug-likeness (QED) is 0.874. The molecule has 0 spiro atoms. The molecule has 0 saturated carbocycles. The zero-order chi connectivity index (χ0) is 19.8. The van der Waals surface area contributed by atoms with Gasteiger partial charge >= 0.3 is 0 Å². The summed E-state index contributed by atoms with van der Waals surface area (Å²) in [4.78, 5) is 12.9. The number of hydrogen-bond acceptors (Lipinski definition) is 4. The van der Waals surface area contributed by atoms with E-state index in [2.05, 4.69) is 5.32 Å². The largest absolute Gasteiger partial charge is 0.487 e. The van der Waals surface area contributed by atoms with E-state index >= 15 is 0 Å². The molecule has 0 fully saturated rings. The number of carbonyl (C=O) groups is 1. The first-order chi connectivity index (χ1) is 12.6. The molecule has 6 nitrogen and oxygen atoms in total. The monoisotopic (exact) mass is 388 g/mol. The Morgan fingerprint density at radius 1 is 1.15 bits per heavy atom. The van der Waals surface area contributed by atoms with Crippen molar-refractivity contribution in [3.8, 4) is 5.75 Å². The van der Waals surface area contributed by atoms with Crippen LogP contribution in [0.5, 0.6) is 5.75 Å². The van der Waals surface area contributed by atoms with Crippen molar-refractivity contribution >= 4 is 15.9 Å². The molecule has 0 aromatic heterocycles. The van der Waals surface area contributed by atoms with Crippen molar-refractivity contribution in [3.05, 3.63) is 59.7 Å². The average molecular weight is 388 g/mol. The van der Waals surface area contributed by atoms with E-state index in [1.807, 2.05) is 38.1 Å². The van der Waals surface area contributed by atoms with E-state index < -0.39 is 15.6 Å². The fourth-order valence-electron chi connectivity index (χ4n) is 3.18. The average Bonchev–Trinajstić information content (AvgIpc) is 2.60. The molecule has 27 heavy (non-hydrogen) atoms. The van der Waals surface area contributed by atoms with E-state index in [1.165, 1.54) is 26.2 Å². The first kappa shape index (κ1) is 19.4. The van der Waals surface area contributed by atoms with E-state index in [0.717, 1.165) is 15.6 Å². The number of para-hydroxylation sites is 1. The molecule has 0 saturated heterocycles. The number of benzene rings is 2. The van der Waals surface area contributed by atoms with Gasteiger partial charge in [-0.1, -0.05) is 24.3 Å². The fraction of sp³-hybridized carbons (Fsp3) is 0.350. The van der Waals surface area contributed by atoms with Crippen molar-refractivity contribution in [2.24, 2.45) is 0 Å². The Bertz CT molecular complexity index is 967. The zero-order valence-corrected chi connectivity index (χ0v) is 16.7. The Labute approximate surface area is 160 Å². The summed E-state index contributed by atoms with van der Waals surface area (Å²) in [5.41, 5.74) is 0.810. The lowest BCUT2D eigenvalue weighted by atomic mass is 9.89. The molecule has 1 aliphatic heterocycles. The van der Waals surface area contributed by atoms with Crippen LogP contribution in [0.15, 0.2) is 53.4 Å². The molecule has 2 aromatic rings. The summed E-state index contributed by atoms with van der Waals surface area (Å²) < 4.78 is 31.8. The molecule has 1 amide bonds. The van der Waals surface area contributed by atoms with E-state index in [9.17, 15) is 13.2 Å². The molecule has 0 bridgehead atoms. The van der Waals surface area contributed by atoms with Crippen LogP contribution in [0.25, 0.3) is 0 Å². The van der Waals surface area contributed by atoms with Gasteiger partial charge in [-0.25, -0.2) is 12.7 Å². The molecule has 1 atom stereocenters. The predicted octanol–water partition coefficient (Wildman–Crippen LogP) is 2.97. The molecule has 0 unspecified atom stereocenters. The third-order valence-corrected chi connectivity index (χ3v) is 6.37. The second kappa shape index (κ2) is 6.98. The summed E-state index contributed by atoms with van der Waals surface area (Å²) >= 11 is 0. The molecule has 1 aliphatic rings. The van der Waals surface area contributed by atoms with Crippen molar-refractivity contribution in [2.75, 3.05) is 14.1 Å². The van der Waals surface area contributed by atoms with Gasteiger partial charge in [0.15, 0.2) is 0 Å². The minimum Gasteiger partial charge on any atom is -0.487 e. The third-order valence-electron chi connectivity index (χ3n) is 4.56. The van der Waals surface area contributed by atoms with Crippen LogP contribution < -0.4 is 10.1 Å². The maximum atomic E-state index is 12.8. The molecule has 3 rings (SSSR count). The summed E-state index contributed by atoms with van der Waals surface area (Å²) in [5.74, 6) is 0.436. The van der Waals surface area contributed by atoms with Crippen molar-refractivity contribution < 1.29 is 17.9 Å². The summed E-state index contributed by atoms with van der Waals surface area (Å²) in [7, 11) is -0.677. The summed E-state index contributed by atoms with van der Waals surface area (Å²) in [6.45, 7) is 3.96. The van der Waals surface area contributed by atoms with Crippen LogP contribution in [0.2, 0.25) is 0 Å². The lowest BCUT2D eigenvalue weighted by Gasteiger charge is -2.37. The summed E-state index contributed by atoms with van der Waals surface area (Å²) in [6, 6.07) is 13.5. The predicted molar refractivity (Wildman–Crippen MR) is 103 cm³/mol. The molecule has 1 N–H and O–H groups in total. The maximum absolute atomic E-state index is 12.8. The van der Waals surface area contributed by atoms with Gasteiger partial charge in [0.2, 0.25) is 10.0 Å². The Hall–Kier alpha value is -2.38. The van der Waals surface area contributed by atoms with Crippen LogP contribution in [0, 0.1) is 0 Å². The van der Waals surface area contributed by atoms with Crippen molar-refractivity contribution in [1.82, 2.24) is 9.62 Å². The van der Waals surface area contributed by atoms with Gasteiger partial charge in [-0.3, -0.25) is 4.79 Å². The number of sulfonamides is 1. The Morgan fingerprint density at radius 3 is 2.56 bits per heavy atom. The minimum absolute atomic E-state index is 0.0906.